The molecule has 6 heteroatoms. The molecular weight excluding hydrogens is 309 g/mol. The van der Waals surface area contributed by atoms with Crippen molar-refractivity contribution >= 4 is 11.9 Å². The Morgan fingerprint density at radius 3 is 2.62 bits per heavy atom. The van der Waals surface area contributed by atoms with Gasteiger partial charge in [0.1, 0.15) is 11.9 Å². The largest absolute Gasteiger partial charge is 0.325 e. The van der Waals surface area contributed by atoms with Gasteiger partial charge in [-0.1, -0.05) is 30.3 Å². The number of halogens is 1. The molecule has 0 aromatic heterocycles. The number of rotatable bonds is 4. The first kappa shape index (κ1) is 15.7. The molecule has 2 aromatic rings. The molecule has 1 fully saturated rings. The summed E-state index contributed by atoms with van der Waals surface area (Å²) >= 11 is 0. The van der Waals surface area contributed by atoms with Crippen LogP contribution in [0.2, 0.25) is 0 Å². The first-order valence-corrected chi connectivity index (χ1v) is 7.43. The van der Waals surface area contributed by atoms with E-state index in [0.717, 1.165) is 16.5 Å². The Morgan fingerprint density at radius 2 is 1.92 bits per heavy atom. The minimum Gasteiger partial charge on any atom is -0.325 e. The Balaban J connectivity index is 1.76. The third kappa shape index (κ3) is 3.10. The molecule has 1 saturated heterocycles. The van der Waals surface area contributed by atoms with Crippen LogP contribution in [0.4, 0.5) is 9.18 Å². The van der Waals surface area contributed by atoms with E-state index in [0.29, 0.717) is 6.42 Å². The fourth-order valence-electron chi connectivity index (χ4n) is 2.65. The molecule has 1 N–H and O–H groups in total. The van der Waals surface area contributed by atoms with Crippen LogP contribution in [0.15, 0.2) is 48.5 Å². The molecule has 1 unspecified atom stereocenters. The minimum absolute atomic E-state index is 0.137. The second-order valence-corrected chi connectivity index (χ2v) is 5.53. The van der Waals surface area contributed by atoms with Crippen LogP contribution in [0.25, 0.3) is 0 Å². The van der Waals surface area contributed by atoms with E-state index in [-0.39, 0.29) is 17.7 Å². The number of carbonyl (C=O) groups is 2. The summed E-state index contributed by atoms with van der Waals surface area (Å²) in [7, 11) is 0. The van der Waals surface area contributed by atoms with Crippen molar-refractivity contribution in [3.05, 3.63) is 71.0 Å². The van der Waals surface area contributed by atoms with E-state index in [9.17, 15) is 14.0 Å². The fraction of sp³-hybridized carbons (Fsp3) is 0.167. The zero-order chi connectivity index (χ0) is 17.1. The van der Waals surface area contributed by atoms with Gasteiger partial charge in [-0.25, -0.2) is 9.18 Å². The first-order valence-electron chi connectivity index (χ1n) is 7.43. The van der Waals surface area contributed by atoms with E-state index in [1.807, 2.05) is 36.4 Å². The maximum absolute atomic E-state index is 13.9. The van der Waals surface area contributed by atoms with Crippen LogP contribution in [0.1, 0.15) is 16.7 Å². The lowest BCUT2D eigenvalue weighted by atomic mass is 10.1. The SMILES string of the molecule is N#Cc1ccc(F)c(CN2C(=O)NC(Cc3ccccc3)C2=O)c1. The number of nitrogens with zero attached hydrogens (tertiary/aromatic N) is 2. The third-order valence-electron chi connectivity index (χ3n) is 3.89. The van der Waals surface area contributed by atoms with E-state index in [1.165, 1.54) is 12.1 Å². The van der Waals surface area contributed by atoms with Crippen LogP contribution in [-0.2, 0) is 17.8 Å². The Kier molecular flexibility index (Phi) is 4.25. The average molecular weight is 323 g/mol. The standard InChI is InChI=1S/C18H14FN3O2/c19-15-7-6-13(10-20)8-14(15)11-22-17(23)16(21-18(22)24)9-12-4-2-1-3-5-12/h1-8,16H,9,11H2,(H,21,24). The molecule has 3 amide bonds. The van der Waals surface area contributed by atoms with Crippen LogP contribution in [-0.4, -0.2) is 22.9 Å². The monoisotopic (exact) mass is 323 g/mol. The van der Waals surface area contributed by atoms with Crippen LogP contribution < -0.4 is 5.32 Å². The van der Waals surface area contributed by atoms with Crippen LogP contribution in [0, 0.1) is 17.1 Å². The molecule has 5 nitrogen and oxygen atoms in total. The molecule has 0 spiro atoms. The van der Waals surface area contributed by atoms with Crippen molar-refractivity contribution in [2.45, 2.75) is 19.0 Å². The van der Waals surface area contributed by atoms with E-state index < -0.39 is 23.8 Å². The Hall–Kier alpha value is -3.20. The van der Waals surface area contributed by atoms with Crippen molar-refractivity contribution in [1.82, 2.24) is 10.2 Å². The lowest BCUT2D eigenvalue weighted by molar-refractivity contribution is -0.127. The normalized spacial score (nSPS) is 16.8. The summed E-state index contributed by atoms with van der Waals surface area (Å²) < 4.78 is 13.9. The third-order valence-corrected chi connectivity index (χ3v) is 3.89. The summed E-state index contributed by atoms with van der Waals surface area (Å²) in [5.41, 5.74) is 1.34. The van der Waals surface area contributed by atoms with Gasteiger partial charge < -0.3 is 5.32 Å². The number of carbonyl (C=O) groups excluding carboxylic acids is 2. The average Bonchev–Trinajstić information content (AvgIpc) is 2.85. The van der Waals surface area contributed by atoms with Crippen molar-refractivity contribution in [3.8, 4) is 6.07 Å². The van der Waals surface area contributed by atoms with Gasteiger partial charge in [0, 0.05) is 12.0 Å². The summed E-state index contributed by atoms with van der Waals surface area (Å²) in [6.45, 7) is -0.197. The zero-order valence-corrected chi connectivity index (χ0v) is 12.7. The molecule has 24 heavy (non-hydrogen) atoms. The first-order chi connectivity index (χ1) is 11.6. The molecule has 1 heterocycles. The van der Waals surface area contributed by atoms with E-state index >= 15 is 0 Å². The van der Waals surface area contributed by atoms with Gasteiger partial charge in [0.25, 0.3) is 5.91 Å². The molecular formula is C18H14FN3O2. The van der Waals surface area contributed by atoms with Gasteiger partial charge in [-0.15, -0.1) is 0 Å². The minimum atomic E-state index is -0.665. The molecule has 0 aliphatic carbocycles. The van der Waals surface area contributed by atoms with Crippen LogP contribution in [0.3, 0.4) is 0 Å². The molecule has 3 rings (SSSR count). The maximum atomic E-state index is 13.9. The van der Waals surface area contributed by atoms with Crippen molar-refractivity contribution in [2.24, 2.45) is 0 Å². The molecule has 0 saturated carbocycles. The van der Waals surface area contributed by atoms with Crippen molar-refractivity contribution in [1.29, 1.82) is 5.26 Å². The van der Waals surface area contributed by atoms with Gasteiger partial charge in [-0.2, -0.15) is 5.26 Å². The quantitative estimate of drug-likeness (QED) is 0.878. The molecule has 0 radical (unpaired) electrons. The topological polar surface area (TPSA) is 73.2 Å². The van der Waals surface area contributed by atoms with Crippen molar-refractivity contribution in [2.75, 3.05) is 0 Å². The number of hydrogen-bond donors (Lipinski definition) is 1. The molecule has 0 bridgehead atoms. The second-order valence-electron chi connectivity index (χ2n) is 5.53. The highest BCUT2D eigenvalue weighted by molar-refractivity contribution is 6.04. The molecule has 120 valence electrons. The Labute approximate surface area is 138 Å². The van der Waals surface area contributed by atoms with Gasteiger partial charge in [-0.05, 0) is 23.8 Å². The summed E-state index contributed by atoms with van der Waals surface area (Å²) in [5, 5.41) is 11.5. The lowest BCUT2D eigenvalue weighted by Gasteiger charge is -2.14. The van der Waals surface area contributed by atoms with Crippen molar-refractivity contribution in [3.63, 3.8) is 0 Å². The Morgan fingerprint density at radius 1 is 1.17 bits per heavy atom. The van der Waals surface area contributed by atoms with Gasteiger partial charge in [0.15, 0.2) is 0 Å². The number of imide groups is 1. The number of benzene rings is 2. The van der Waals surface area contributed by atoms with E-state index in [4.69, 9.17) is 5.26 Å². The number of nitriles is 1. The lowest BCUT2D eigenvalue weighted by Crippen LogP contribution is -2.32. The molecule has 1 aliphatic heterocycles. The highest BCUT2D eigenvalue weighted by atomic mass is 19.1. The predicted octanol–water partition coefficient (Wildman–Crippen LogP) is 2.36. The predicted molar refractivity (Wildman–Crippen MR) is 84.1 cm³/mol. The Bertz CT molecular complexity index is 830. The second kappa shape index (κ2) is 6.50. The fourth-order valence-corrected chi connectivity index (χ4v) is 2.65. The summed E-state index contributed by atoms with van der Waals surface area (Å²) in [4.78, 5) is 25.5. The van der Waals surface area contributed by atoms with Crippen LogP contribution in [0.5, 0.6) is 0 Å². The smallest absolute Gasteiger partial charge is 0.325 e. The zero-order valence-electron chi connectivity index (χ0n) is 12.7. The number of urea groups is 1. The number of nitrogens with one attached hydrogen (secondary N) is 1. The maximum Gasteiger partial charge on any atom is 0.325 e. The molecule has 2 aromatic carbocycles. The van der Waals surface area contributed by atoms with Gasteiger partial charge in [0.05, 0.1) is 18.2 Å². The number of amides is 3. The van der Waals surface area contributed by atoms with Crippen LogP contribution >= 0.6 is 0 Å². The van der Waals surface area contributed by atoms with Gasteiger partial charge in [0.2, 0.25) is 0 Å². The van der Waals surface area contributed by atoms with E-state index in [1.54, 1.807) is 0 Å². The molecule has 1 aliphatic rings. The highest BCUT2D eigenvalue weighted by Gasteiger charge is 2.38. The summed E-state index contributed by atoms with van der Waals surface area (Å²) in [6.07, 6.45) is 0.378. The number of hydrogen-bond acceptors (Lipinski definition) is 3. The highest BCUT2D eigenvalue weighted by Crippen LogP contribution is 2.18. The molecule has 1 atom stereocenters. The summed E-state index contributed by atoms with van der Waals surface area (Å²) in [5.74, 6) is -0.952. The van der Waals surface area contributed by atoms with E-state index in [2.05, 4.69) is 5.32 Å². The van der Waals surface area contributed by atoms with Crippen molar-refractivity contribution < 1.29 is 14.0 Å². The van der Waals surface area contributed by atoms with Gasteiger partial charge in [-0.3, -0.25) is 9.69 Å². The summed E-state index contributed by atoms with van der Waals surface area (Å²) in [6, 6.07) is 13.9. The van der Waals surface area contributed by atoms with Gasteiger partial charge >= 0.3 is 6.03 Å².